The van der Waals surface area contributed by atoms with E-state index < -0.39 is 53.1 Å². The number of β-lactam (4-membered cyclic amide) rings is 1. The molecule has 2 N–H and O–H groups in total. The molecule has 3 aliphatic heterocycles. The van der Waals surface area contributed by atoms with E-state index in [0.29, 0.717) is 37.0 Å². The lowest BCUT2D eigenvalue weighted by atomic mass is 9.66. The van der Waals surface area contributed by atoms with Crippen molar-refractivity contribution < 1.29 is 37.7 Å². The first kappa shape index (κ1) is 33.8. The zero-order valence-corrected chi connectivity index (χ0v) is 27.9. The molecule has 4 amide bonds. The van der Waals surface area contributed by atoms with E-state index in [-0.39, 0.29) is 53.4 Å². The van der Waals surface area contributed by atoms with Gasteiger partial charge in [-0.05, 0) is 76.2 Å². The number of rotatable bonds is 8. The van der Waals surface area contributed by atoms with Crippen LogP contribution in [0.1, 0.15) is 73.4 Å². The van der Waals surface area contributed by atoms with Crippen molar-refractivity contribution in [1.82, 2.24) is 19.6 Å². The summed E-state index contributed by atoms with van der Waals surface area (Å²) in [6, 6.07) is 7.87. The molecule has 1 atom stereocenters. The van der Waals surface area contributed by atoms with Crippen LogP contribution in [0.3, 0.4) is 0 Å². The minimum absolute atomic E-state index is 0.0584. The number of Topliss-reactive ketones (excluding diaryl/α,β-unsaturated/α-hetero) is 1. The molecular formula is C33H36BClFN5O7. The van der Waals surface area contributed by atoms with Crippen molar-refractivity contribution in [2.45, 2.75) is 83.0 Å². The minimum atomic E-state index is -1.07. The molecule has 1 aromatic heterocycles. The van der Waals surface area contributed by atoms with Crippen LogP contribution in [-0.4, -0.2) is 86.4 Å². The lowest BCUT2D eigenvalue weighted by Gasteiger charge is -2.37. The number of imide groups is 1. The molecular weight excluding hydrogens is 644 g/mol. The van der Waals surface area contributed by atoms with Gasteiger partial charge in [0.15, 0.2) is 11.5 Å². The number of carbonyl (C=O) groups excluding carboxylic acids is 5. The quantitative estimate of drug-likeness (QED) is 0.280. The maximum absolute atomic E-state index is 14.4. The van der Waals surface area contributed by atoms with Crippen molar-refractivity contribution in [3.63, 3.8) is 0 Å². The van der Waals surface area contributed by atoms with Crippen molar-refractivity contribution in [3.05, 3.63) is 64.1 Å². The van der Waals surface area contributed by atoms with Gasteiger partial charge in [0, 0.05) is 30.5 Å². The van der Waals surface area contributed by atoms with Gasteiger partial charge in [0.05, 0.1) is 28.2 Å². The van der Waals surface area contributed by atoms with E-state index in [0.717, 1.165) is 4.90 Å². The molecule has 3 fully saturated rings. The normalized spacial score (nSPS) is 20.7. The highest BCUT2D eigenvalue weighted by Crippen LogP contribution is 2.42. The van der Waals surface area contributed by atoms with Crippen LogP contribution >= 0.6 is 11.6 Å². The SMILES string of the molecule is CC1(C)OB(C2CCN(C(=O)c3ccc4c(c3)c(C(N)=O)nn4CC(=O)N3C(=O)C[C@H]3C(=O)Cc3cccc(Cl)c3F)CC2)OC1(C)C. The first-order chi connectivity index (χ1) is 22.6. The number of aromatic nitrogens is 2. The molecule has 0 saturated carbocycles. The Morgan fingerprint density at radius 1 is 1.06 bits per heavy atom. The Labute approximate surface area is 281 Å². The molecule has 15 heteroatoms. The number of fused-ring (bicyclic) bond motifs is 1. The van der Waals surface area contributed by atoms with Gasteiger partial charge in [0.25, 0.3) is 17.7 Å². The smallest absolute Gasteiger partial charge is 0.403 e. The van der Waals surface area contributed by atoms with Crippen molar-refractivity contribution >= 4 is 59.0 Å². The summed E-state index contributed by atoms with van der Waals surface area (Å²) in [5.41, 5.74) is 5.32. The summed E-state index contributed by atoms with van der Waals surface area (Å²) in [5.74, 6) is -3.51. The fourth-order valence-corrected chi connectivity index (χ4v) is 6.63. The summed E-state index contributed by atoms with van der Waals surface area (Å²) in [4.78, 5) is 67.2. The molecule has 252 valence electrons. The number of hydrogen-bond acceptors (Lipinski definition) is 8. The lowest BCUT2D eigenvalue weighted by molar-refractivity contribution is -0.162. The van der Waals surface area contributed by atoms with Crippen molar-refractivity contribution in [3.8, 4) is 0 Å². The largest absolute Gasteiger partial charge is 0.461 e. The van der Waals surface area contributed by atoms with Gasteiger partial charge in [-0.3, -0.25) is 33.6 Å². The number of likely N-dealkylation sites (tertiary alicyclic amines) is 2. The van der Waals surface area contributed by atoms with Crippen LogP contribution in [0.2, 0.25) is 10.8 Å². The van der Waals surface area contributed by atoms with Crippen LogP contribution in [0, 0.1) is 5.82 Å². The van der Waals surface area contributed by atoms with Gasteiger partial charge in [-0.25, -0.2) is 4.39 Å². The summed E-state index contributed by atoms with van der Waals surface area (Å²) in [7, 11) is -0.346. The van der Waals surface area contributed by atoms with Gasteiger partial charge in [-0.15, -0.1) is 0 Å². The molecule has 3 saturated heterocycles. The summed E-state index contributed by atoms with van der Waals surface area (Å²) >= 11 is 5.82. The Bertz CT molecular complexity index is 1840. The molecule has 0 bridgehead atoms. The van der Waals surface area contributed by atoms with E-state index in [1.54, 1.807) is 17.0 Å². The summed E-state index contributed by atoms with van der Waals surface area (Å²) in [5, 5.41) is 4.36. The maximum atomic E-state index is 14.4. The van der Waals surface area contributed by atoms with Crippen LogP contribution in [0.25, 0.3) is 10.9 Å². The van der Waals surface area contributed by atoms with Crippen LogP contribution < -0.4 is 5.73 Å². The molecule has 0 unspecified atom stereocenters. The second kappa shape index (κ2) is 12.4. The zero-order valence-electron chi connectivity index (χ0n) is 27.1. The van der Waals surface area contributed by atoms with E-state index in [2.05, 4.69) is 5.10 Å². The Balaban J connectivity index is 1.14. The molecule has 48 heavy (non-hydrogen) atoms. The van der Waals surface area contributed by atoms with Gasteiger partial charge in [0.2, 0.25) is 5.91 Å². The van der Waals surface area contributed by atoms with Crippen LogP contribution in [0.5, 0.6) is 0 Å². The fourth-order valence-electron chi connectivity index (χ4n) is 6.44. The van der Waals surface area contributed by atoms with Crippen LogP contribution in [-0.2, 0) is 36.7 Å². The Kier molecular flexibility index (Phi) is 8.71. The highest BCUT2D eigenvalue weighted by Gasteiger charge is 2.54. The van der Waals surface area contributed by atoms with Gasteiger partial charge in [-0.1, -0.05) is 23.7 Å². The van der Waals surface area contributed by atoms with E-state index in [1.165, 1.54) is 28.9 Å². The molecule has 3 aliphatic rings. The monoisotopic (exact) mass is 679 g/mol. The molecule has 0 radical (unpaired) electrons. The summed E-state index contributed by atoms with van der Waals surface area (Å²) in [6.45, 7) is 8.55. The topological polar surface area (TPSA) is 154 Å². The first-order valence-corrected chi connectivity index (χ1v) is 16.2. The number of halogens is 2. The Morgan fingerprint density at radius 2 is 1.73 bits per heavy atom. The predicted octanol–water partition coefficient (Wildman–Crippen LogP) is 3.57. The van der Waals surface area contributed by atoms with Crippen molar-refractivity contribution in [1.29, 1.82) is 0 Å². The third kappa shape index (κ3) is 6.01. The van der Waals surface area contributed by atoms with Gasteiger partial charge >= 0.3 is 7.12 Å². The molecule has 2 aromatic carbocycles. The zero-order chi connectivity index (χ0) is 34.7. The molecule has 0 spiro atoms. The molecule has 0 aliphatic carbocycles. The predicted molar refractivity (Wildman–Crippen MR) is 174 cm³/mol. The number of ketones is 1. The maximum Gasteiger partial charge on any atom is 0.461 e. The molecule has 12 nitrogen and oxygen atoms in total. The van der Waals surface area contributed by atoms with E-state index in [4.69, 9.17) is 26.6 Å². The second-order valence-electron chi connectivity index (χ2n) is 13.6. The number of hydrogen-bond donors (Lipinski definition) is 1. The minimum Gasteiger partial charge on any atom is -0.403 e. The van der Waals surface area contributed by atoms with E-state index in [9.17, 15) is 28.4 Å². The van der Waals surface area contributed by atoms with Crippen molar-refractivity contribution in [2.75, 3.05) is 13.1 Å². The number of primary amides is 1. The third-order valence-electron chi connectivity index (χ3n) is 9.98. The highest BCUT2D eigenvalue weighted by molar-refractivity contribution is 6.47. The van der Waals surface area contributed by atoms with E-state index in [1.807, 2.05) is 27.7 Å². The standard InChI is InChI=1S/C33H36BClFN5O7/c1-32(2)33(3,4)48-34(47-32)20-10-12-39(13-11-20)31(46)19-8-9-23-21(14-19)29(30(37)45)38-40(23)17-27(44)41-24(16-26(41)43)25(42)15-18-6-5-7-22(35)28(18)36/h5-9,14,20,24H,10-13,15-17H2,1-4H3,(H2,37,45)/t24-/m0/s1. The summed E-state index contributed by atoms with van der Waals surface area (Å²) in [6.07, 6.45) is 0.852. The highest BCUT2D eigenvalue weighted by atomic mass is 35.5. The van der Waals surface area contributed by atoms with Gasteiger partial charge in [0.1, 0.15) is 18.4 Å². The fraction of sp³-hybridized carbons (Fsp3) is 0.455. The number of nitrogens with two attached hydrogens (primary N) is 1. The average molecular weight is 680 g/mol. The first-order valence-electron chi connectivity index (χ1n) is 15.8. The average Bonchev–Trinajstić information content (AvgIpc) is 3.49. The van der Waals surface area contributed by atoms with Gasteiger partial charge < -0.3 is 19.9 Å². The second-order valence-corrected chi connectivity index (χ2v) is 14.0. The number of amides is 4. The van der Waals surface area contributed by atoms with Crippen molar-refractivity contribution in [2.24, 2.45) is 5.73 Å². The molecule has 6 rings (SSSR count). The Morgan fingerprint density at radius 3 is 2.35 bits per heavy atom. The summed E-state index contributed by atoms with van der Waals surface area (Å²) < 4.78 is 28.0. The molecule has 4 heterocycles. The van der Waals surface area contributed by atoms with E-state index >= 15 is 0 Å². The Hall–Kier alpha value is -4.14. The number of carbonyl (C=O) groups is 5. The number of benzene rings is 2. The van der Waals surface area contributed by atoms with Crippen LogP contribution in [0.15, 0.2) is 36.4 Å². The van der Waals surface area contributed by atoms with Crippen LogP contribution in [0.4, 0.5) is 4.39 Å². The molecule has 3 aromatic rings. The lowest BCUT2D eigenvalue weighted by Crippen LogP contribution is -2.60. The third-order valence-corrected chi connectivity index (χ3v) is 10.3. The number of nitrogens with zero attached hydrogens (tertiary/aromatic N) is 4. The van der Waals surface area contributed by atoms with Gasteiger partial charge in [-0.2, -0.15) is 5.10 Å². The number of piperidine rings is 1.